The van der Waals surface area contributed by atoms with E-state index >= 15 is 0 Å². The molecule has 4 rings (SSSR count). The summed E-state index contributed by atoms with van der Waals surface area (Å²) in [7, 11) is 0. The lowest BCUT2D eigenvalue weighted by Crippen LogP contribution is -2.29. The second kappa shape index (κ2) is 8.79. The average Bonchev–Trinajstić information content (AvgIpc) is 2.78. The third kappa shape index (κ3) is 4.45. The Hall–Kier alpha value is -4.00. The number of pyridine rings is 3. The third-order valence-electron chi connectivity index (χ3n) is 4.86. The number of aromatic nitrogens is 3. The van der Waals surface area contributed by atoms with Crippen LogP contribution in [-0.2, 0) is 13.1 Å². The summed E-state index contributed by atoms with van der Waals surface area (Å²) in [4.78, 5) is 34.3. The molecule has 1 aromatic carbocycles. The second-order valence-corrected chi connectivity index (χ2v) is 7.08. The van der Waals surface area contributed by atoms with Gasteiger partial charge in [-0.25, -0.2) is 9.97 Å². The summed E-state index contributed by atoms with van der Waals surface area (Å²) in [6.45, 7) is 4.67. The van der Waals surface area contributed by atoms with E-state index in [1.807, 2.05) is 54.8 Å². The zero-order valence-corrected chi connectivity index (χ0v) is 17.3. The van der Waals surface area contributed by atoms with Crippen molar-refractivity contribution in [3.63, 3.8) is 0 Å². The molecule has 0 fully saturated rings. The SMILES string of the molecule is CCn1cc(C(=O)NCc2cccc(Oc3ccccn3)c2)c(=O)c2ccc(C)nc21. The number of aryl methyl sites for hydroxylation is 2. The minimum absolute atomic E-state index is 0.0980. The average molecular weight is 414 g/mol. The topological polar surface area (TPSA) is 86.1 Å². The largest absolute Gasteiger partial charge is 0.439 e. The molecule has 0 aliphatic rings. The molecule has 0 saturated carbocycles. The van der Waals surface area contributed by atoms with Crippen LogP contribution in [0.4, 0.5) is 0 Å². The van der Waals surface area contributed by atoms with Crippen molar-refractivity contribution in [3.05, 3.63) is 94.0 Å². The molecule has 7 heteroatoms. The maximum Gasteiger partial charge on any atom is 0.257 e. The molecule has 0 aliphatic heterocycles. The highest BCUT2D eigenvalue weighted by atomic mass is 16.5. The van der Waals surface area contributed by atoms with E-state index in [2.05, 4.69) is 15.3 Å². The lowest BCUT2D eigenvalue weighted by atomic mass is 10.1. The van der Waals surface area contributed by atoms with Crippen molar-refractivity contribution in [3.8, 4) is 11.6 Å². The zero-order valence-electron chi connectivity index (χ0n) is 17.3. The zero-order chi connectivity index (χ0) is 21.8. The molecular formula is C24H22N4O3. The molecule has 3 aromatic heterocycles. The first-order valence-corrected chi connectivity index (χ1v) is 10.0. The van der Waals surface area contributed by atoms with Gasteiger partial charge < -0.3 is 14.6 Å². The maximum absolute atomic E-state index is 12.9. The summed E-state index contributed by atoms with van der Waals surface area (Å²) in [6.07, 6.45) is 3.23. The summed E-state index contributed by atoms with van der Waals surface area (Å²) in [5, 5.41) is 3.27. The highest BCUT2D eigenvalue weighted by molar-refractivity contribution is 5.96. The van der Waals surface area contributed by atoms with Crippen molar-refractivity contribution < 1.29 is 9.53 Å². The van der Waals surface area contributed by atoms with Gasteiger partial charge in [0.1, 0.15) is 17.0 Å². The standard InChI is InChI=1S/C24H22N4O3/c1-3-28-15-20(22(29)19-11-10-16(2)27-23(19)28)24(30)26-14-17-7-6-8-18(13-17)31-21-9-4-5-12-25-21/h4-13,15H,3,14H2,1-2H3,(H,26,30). The molecule has 1 N–H and O–H groups in total. The van der Waals surface area contributed by atoms with Gasteiger partial charge in [-0.3, -0.25) is 9.59 Å². The number of ether oxygens (including phenoxy) is 1. The summed E-state index contributed by atoms with van der Waals surface area (Å²) >= 11 is 0. The summed E-state index contributed by atoms with van der Waals surface area (Å²) in [5.41, 5.74) is 2.02. The molecule has 31 heavy (non-hydrogen) atoms. The van der Waals surface area contributed by atoms with Crippen molar-refractivity contribution in [1.82, 2.24) is 19.9 Å². The third-order valence-corrected chi connectivity index (χ3v) is 4.86. The number of nitrogens with one attached hydrogen (secondary N) is 1. The maximum atomic E-state index is 12.9. The van der Waals surface area contributed by atoms with Crippen molar-refractivity contribution in [1.29, 1.82) is 0 Å². The van der Waals surface area contributed by atoms with Gasteiger partial charge in [-0.15, -0.1) is 0 Å². The molecule has 0 spiro atoms. The summed E-state index contributed by atoms with van der Waals surface area (Å²) in [6, 6.07) is 16.3. The summed E-state index contributed by atoms with van der Waals surface area (Å²) < 4.78 is 7.55. The van der Waals surface area contributed by atoms with Gasteiger partial charge in [0.25, 0.3) is 5.91 Å². The molecule has 0 radical (unpaired) electrons. The molecule has 0 atom stereocenters. The Balaban J connectivity index is 1.53. The first-order chi connectivity index (χ1) is 15.0. The number of benzene rings is 1. The Labute approximate surface area is 179 Å². The Kier molecular flexibility index (Phi) is 5.75. The van der Waals surface area contributed by atoms with E-state index in [1.54, 1.807) is 30.6 Å². The minimum Gasteiger partial charge on any atom is -0.439 e. The van der Waals surface area contributed by atoms with Crippen molar-refractivity contribution in [2.75, 3.05) is 0 Å². The predicted molar refractivity (Wildman–Crippen MR) is 118 cm³/mol. The van der Waals surface area contributed by atoms with Gasteiger partial charge in [-0.05, 0) is 49.7 Å². The van der Waals surface area contributed by atoms with E-state index < -0.39 is 5.91 Å². The van der Waals surface area contributed by atoms with Gasteiger partial charge in [0, 0.05) is 37.2 Å². The normalized spacial score (nSPS) is 10.8. The van der Waals surface area contributed by atoms with E-state index in [-0.39, 0.29) is 17.5 Å². The number of fused-ring (bicyclic) bond motifs is 1. The summed E-state index contributed by atoms with van der Waals surface area (Å²) in [5.74, 6) is 0.681. The first-order valence-electron chi connectivity index (χ1n) is 10.0. The van der Waals surface area contributed by atoms with Crippen LogP contribution in [-0.4, -0.2) is 20.4 Å². The minimum atomic E-state index is -0.425. The molecule has 0 saturated heterocycles. The van der Waals surface area contributed by atoms with E-state index in [1.165, 1.54) is 0 Å². The number of carbonyl (C=O) groups is 1. The second-order valence-electron chi connectivity index (χ2n) is 7.08. The van der Waals surface area contributed by atoms with Gasteiger partial charge in [-0.2, -0.15) is 0 Å². The smallest absolute Gasteiger partial charge is 0.257 e. The molecular weight excluding hydrogens is 392 g/mol. The highest BCUT2D eigenvalue weighted by Gasteiger charge is 2.16. The quantitative estimate of drug-likeness (QED) is 0.518. The Morgan fingerprint density at radius 1 is 1.13 bits per heavy atom. The number of rotatable bonds is 6. The van der Waals surface area contributed by atoms with Crippen molar-refractivity contribution >= 4 is 16.9 Å². The Bertz CT molecular complexity index is 1300. The molecule has 156 valence electrons. The fourth-order valence-electron chi connectivity index (χ4n) is 3.29. The number of carbonyl (C=O) groups excluding carboxylic acids is 1. The van der Waals surface area contributed by atoms with Crippen LogP contribution in [0.15, 0.2) is 71.8 Å². The molecule has 7 nitrogen and oxygen atoms in total. The Morgan fingerprint density at radius 2 is 2.00 bits per heavy atom. The van der Waals surface area contributed by atoms with Crippen LogP contribution in [0.5, 0.6) is 11.6 Å². The van der Waals surface area contributed by atoms with Crippen LogP contribution in [0.3, 0.4) is 0 Å². The van der Waals surface area contributed by atoms with Gasteiger partial charge >= 0.3 is 0 Å². The van der Waals surface area contributed by atoms with E-state index in [4.69, 9.17) is 4.74 Å². The lowest BCUT2D eigenvalue weighted by molar-refractivity contribution is 0.0949. The number of hydrogen-bond acceptors (Lipinski definition) is 5. The van der Waals surface area contributed by atoms with Crippen molar-refractivity contribution in [2.45, 2.75) is 26.9 Å². The van der Waals surface area contributed by atoms with Crippen LogP contribution in [0, 0.1) is 6.92 Å². The molecule has 0 aliphatic carbocycles. The Morgan fingerprint density at radius 3 is 2.77 bits per heavy atom. The monoisotopic (exact) mass is 414 g/mol. The lowest BCUT2D eigenvalue weighted by Gasteiger charge is -2.12. The van der Waals surface area contributed by atoms with E-state index in [0.29, 0.717) is 29.2 Å². The molecule has 1 amide bonds. The predicted octanol–water partition coefficient (Wildman–Crippen LogP) is 3.84. The first kappa shape index (κ1) is 20.3. The van der Waals surface area contributed by atoms with Gasteiger partial charge in [0.2, 0.25) is 11.3 Å². The molecule has 0 unspecified atom stereocenters. The van der Waals surface area contributed by atoms with Gasteiger partial charge in [-0.1, -0.05) is 18.2 Å². The number of nitrogens with zero attached hydrogens (tertiary/aromatic N) is 3. The molecule has 0 bridgehead atoms. The molecule has 4 aromatic rings. The van der Waals surface area contributed by atoms with Crippen LogP contribution in [0.2, 0.25) is 0 Å². The van der Waals surface area contributed by atoms with Crippen LogP contribution in [0.25, 0.3) is 11.0 Å². The highest BCUT2D eigenvalue weighted by Crippen LogP contribution is 2.20. The number of hydrogen-bond donors (Lipinski definition) is 1. The fraction of sp³-hybridized carbons (Fsp3) is 0.167. The van der Waals surface area contributed by atoms with Crippen LogP contribution < -0.4 is 15.5 Å². The van der Waals surface area contributed by atoms with Crippen LogP contribution >= 0.6 is 0 Å². The molecule has 3 heterocycles. The van der Waals surface area contributed by atoms with Crippen LogP contribution in [0.1, 0.15) is 28.5 Å². The fourth-order valence-corrected chi connectivity index (χ4v) is 3.29. The van der Waals surface area contributed by atoms with Gasteiger partial charge in [0.15, 0.2) is 0 Å². The van der Waals surface area contributed by atoms with Gasteiger partial charge in [0.05, 0.1) is 5.39 Å². The van der Waals surface area contributed by atoms with E-state index in [9.17, 15) is 9.59 Å². The number of amides is 1. The van der Waals surface area contributed by atoms with Crippen molar-refractivity contribution in [2.24, 2.45) is 0 Å². The van der Waals surface area contributed by atoms with E-state index in [0.717, 1.165) is 11.3 Å².